The summed E-state index contributed by atoms with van der Waals surface area (Å²) < 4.78 is 45.2. The molecule has 0 aliphatic rings. The van der Waals surface area contributed by atoms with Gasteiger partial charge in [-0.15, -0.1) is 0 Å². The Hall–Kier alpha value is -1.29. The van der Waals surface area contributed by atoms with Crippen LogP contribution in [0.1, 0.15) is 26.3 Å². The Kier molecular flexibility index (Phi) is 11.5. The molecule has 0 bridgehead atoms. The Morgan fingerprint density at radius 3 is 1.83 bits per heavy atom. The average Bonchev–Trinajstić information content (AvgIpc) is 2.54. The van der Waals surface area contributed by atoms with E-state index >= 15 is 0 Å². The van der Waals surface area contributed by atoms with Crippen molar-refractivity contribution in [3.8, 4) is 0 Å². The van der Waals surface area contributed by atoms with Gasteiger partial charge in [0.2, 0.25) is 0 Å². The zero-order chi connectivity index (χ0) is 18.5. The monoisotopic (exact) mass is 374 g/mol. The predicted molar refractivity (Wildman–Crippen MR) is 97.9 cm³/mol. The maximum Gasteiger partial charge on any atom is 0.528 e. The molecule has 1 aromatic carbocycles. The van der Waals surface area contributed by atoms with Crippen molar-refractivity contribution in [2.45, 2.75) is 20.8 Å². The zero-order valence-corrected chi connectivity index (χ0v) is 16.2. The van der Waals surface area contributed by atoms with Crippen LogP contribution in [0.5, 0.6) is 0 Å². The van der Waals surface area contributed by atoms with E-state index in [1.165, 1.54) is 6.08 Å². The third-order valence-corrected chi connectivity index (χ3v) is 5.57. The van der Waals surface area contributed by atoms with E-state index in [0.717, 1.165) is 11.0 Å². The molecule has 0 unspecified atom stereocenters. The van der Waals surface area contributed by atoms with Crippen LogP contribution in [0.15, 0.2) is 48.0 Å². The van der Waals surface area contributed by atoms with Crippen LogP contribution in [0.25, 0.3) is 6.08 Å². The molecular formula is C16H26O6SSi. The van der Waals surface area contributed by atoms with E-state index in [1.807, 2.05) is 26.8 Å². The van der Waals surface area contributed by atoms with Gasteiger partial charge in [0.05, 0.1) is 5.41 Å². The summed E-state index contributed by atoms with van der Waals surface area (Å²) in [5.74, 6) is 0. The third-order valence-electron chi connectivity index (χ3n) is 2.52. The molecule has 0 saturated heterocycles. The topological polar surface area (TPSA) is 82.1 Å². The third kappa shape index (κ3) is 10.5. The fourth-order valence-corrected chi connectivity index (χ4v) is 3.77. The second-order valence-corrected chi connectivity index (χ2v) is 8.12. The van der Waals surface area contributed by atoms with Gasteiger partial charge in [0.15, 0.2) is 0 Å². The maximum atomic E-state index is 10.3. The minimum atomic E-state index is -4.00. The molecule has 0 saturated carbocycles. The number of hydrogen-bond donors (Lipinski definition) is 1. The highest BCUT2D eigenvalue weighted by Gasteiger charge is 2.36. The molecule has 0 spiro atoms. The lowest BCUT2D eigenvalue weighted by atomic mass is 10.2. The van der Waals surface area contributed by atoms with Crippen LogP contribution in [0.4, 0.5) is 0 Å². The normalized spacial score (nSPS) is 11.8. The van der Waals surface area contributed by atoms with Crippen LogP contribution in [0.3, 0.4) is 0 Å². The van der Waals surface area contributed by atoms with Gasteiger partial charge in [0.25, 0.3) is 10.1 Å². The quantitative estimate of drug-likeness (QED) is 0.527. The van der Waals surface area contributed by atoms with Crippen molar-refractivity contribution < 1.29 is 26.2 Å². The van der Waals surface area contributed by atoms with Crippen LogP contribution in [0.2, 0.25) is 0 Å². The first kappa shape index (κ1) is 22.7. The van der Waals surface area contributed by atoms with Gasteiger partial charge >= 0.3 is 8.80 Å². The van der Waals surface area contributed by atoms with Gasteiger partial charge in [-0.2, -0.15) is 8.42 Å². The molecular weight excluding hydrogens is 348 g/mol. The summed E-state index contributed by atoms with van der Waals surface area (Å²) in [4.78, 5) is 0. The Balaban J connectivity index is 0.000000441. The molecule has 0 heterocycles. The minimum absolute atomic E-state index is 0.595. The Labute approximate surface area is 145 Å². The fraction of sp³-hybridized carbons (Fsp3) is 0.375. The Morgan fingerprint density at radius 1 is 1.04 bits per heavy atom. The summed E-state index contributed by atoms with van der Waals surface area (Å²) in [6.07, 6.45) is 1.33. The molecule has 24 heavy (non-hydrogen) atoms. The van der Waals surface area contributed by atoms with Gasteiger partial charge in [-0.05, 0) is 38.1 Å². The Bertz CT molecular complexity index is 569. The van der Waals surface area contributed by atoms with Gasteiger partial charge in [0.1, 0.15) is 0 Å². The molecule has 0 atom stereocenters. The first-order chi connectivity index (χ1) is 11.3. The summed E-state index contributed by atoms with van der Waals surface area (Å²) in [5, 5.41) is 0.752. The molecule has 6 nitrogen and oxygen atoms in total. The highest BCUT2D eigenvalue weighted by atomic mass is 32.2. The molecule has 8 heteroatoms. The average molecular weight is 375 g/mol. The van der Waals surface area contributed by atoms with Gasteiger partial charge < -0.3 is 13.3 Å². The minimum Gasteiger partial charge on any atom is -0.371 e. The van der Waals surface area contributed by atoms with Crippen LogP contribution >= 0.6 is 0 Å². The second-order valence-electron chi connectivity index (χ2n) is 4.34. The molecule has 1 rings (SSSR count). The standard InChI is InChI=1S/C8H8O3S.C8H18O3Si/c9-12(10,11)7-6-8-4-2-1-3-5-8;1-5-9-12(8-4,10-6-2)11-7-3/h1-7H,(H,9,10,11);8H,4-7H2,1-3H3. The van der Waals surface area contributed by atoms with E-state index in [0.29, 0.717) is 19.8 Å². The van der Waals surface area contributed by atoms with Crippen LogP contribution in [-0.4, -0.2) is 41.6 Å². The summed E-state index contributed by atoms with van der Waals surface area (Å²) >= 11 is 0. The van der Waals surface area contributed by atoms with E-state index in [1.54, 1.807) is 30.0 Å². The summed E-state index contributed by atoms with van der Waals surface area (Å²) in [6, 6.07) is 8.86. The molecule has 1 aromatic rings. The van der Waals surface area contributed by atoms with Crippen LogP contribution in [-0.2, 0) is 23.4 Å². The van der Waals surface area contributed by atoms with Gasteiger partial charge in [-0.25, -0.2) is 0 Å². The zero-order valence-electron chi connectivity index (χ0n) is 14.3. The van der Waals surface area contributed by atoms with Crippen molar-refractivity contribution in [1.29, 1.82) is 0 Å². The molecule has 0 aromatic heterocycles. The van der Waals surface area contributed by atoms with E-state index < -0.39 is 18.9 Å². The summed E-state index contributed by atoms with van der Waals surface area (Å²) in [6.45, 7) is 11.2. The SMILES string of the molecule is C=C[Si](OCC)(OCC)OCC.O=S(=O)(O)C=Cc1ccccc1. The largest absolute Gasteiger partial charge is 0.528 e. The van der Waals surface area contributed by atoms with Gasteiger partial charge in [-0.1, -0.05) is 36.9 Å². The predicted octanol–water partition coefficient (Wildman–Crippen LogP) is 3.31. The van der Waals surface area contributed by atoms with Crippen molar-refractivity contribution in [1.82, 2.24) is 0 Å². The van der Waals surface area contributed by atoms with Crippen molar-refractivity contribution in [2.75, 3.05) is 19.8 Å². The van der Waals surface area contributed by atoms with Crippen molar-refractivity contribution >= 4 is 25.0 Å². The lowest BCUT2D eigenvalue weighted by molar-refractivity contribution is 0.0844. The lowest BCUT2D eigenvalue weighted by Crippen LogP contribution is -2.44. The van der Waals surface area contributed by atoms with E-state index in [9.17, 15) is 8.42 Å². The maximum absolute atomic E-state index is 10.3. The molecule has 1 N–H and O–H groups in total. The number of hydrogen-bond acceptors (Lipinski definition) is 5. The van der Waals surface area contributed by atoms with E-state index in [2.05, 4.69) is 6.58 Å². The summed E-state index contributed by atoms with van der Waals surface area (Å²) in [5.41, 5.74) is 2.40. The molecule has 0 aliphatic heterocycles. The number of benzene rings is 1. The lowest BCUT2D eigenvalue weighted by Gasteiger charge is -2.24. The van der Waals surface area contributed by atoms with E-state index in [-0.39, 0.29) is 0 Å². The van der Waals surface area contributed by atoms with Gasteiger partial charge in [-0.3, -0.25) is 4.55 Å². The molecule has 136 valence electrons. The van der Waals surface area contributed by atoms with Crippen LogP contribution < -0.4 is 0 Å². The molecule has 0 fully saturated rings. The molecule has 0 radical (unpaired) electrons. The number of rotatable bonds is 9. The van der Waals surface area contributed by atoms with Crippen molar-refractivity contribution in [3.63, 3.8) is 0 Å². The molecule has 0 amide bonds. The second kappa shape index (κ2) is 12.1. The van der Waals surface area contributed by atoms with Gasteiger partial charge in [0, 0.05) is 19.8 Å². The summed E-state index contributed by atoms with van der Waals surface area (Å²) in [7, 11) is -6.51. The fourth-order valence-electron chi connectivity index (χ4n) is 1.63. The first-order valence-corrected chi connectivity index (χ1v) is 10.9. The van der Waals surface area contributed by atoms with E-state index in [4.69, 9.17) is 17.8 Å². The highest BCUT2D eigenvalue weighted by molar-refractivity contribution is 7.88. The van der Waals surface area contributed by atoms with Crippen molar-refractivity contribution in [3.05, 3.63) is 53.6 Å². The van der Waals surface area contributed by atoms with Crippen LogP contribution in [0, 0.1) is 0 Å². The first-order valence-electron chi connectivity index (χ1n) is 7.58. The smallest absolute Gasteiger partial charge is 0.371 e. The molecule has 0 aliphatic carbocycles. The van der Waals surface area contributed by atoms with Crippen molar-refractivity contribution in [2.24, 2.45) is 0 Å². The highest BCUT2D eigenvalue weighted by Crippen LogP contribution is 2.10. The Morgan fingerprint density at radius 2 is 1.50 bits per heavy atom.